The summed E-state index contributed by atoms with van der Waals surface area (Å²) < 4.78 is 19.7. The molecule has 0 aliphatic carbocycles. The van der Waals surface area contributed by atoms with E-state index in [-0.39, 0.29) is 68.4 Å². The maximum absolute atomic E-state index is 14.7. The summed E-state index contributed by atoms with van der Waals surface area (Å²) in [5, 5.41) is 11.9. The average Bonchev–Trinajstić information content (AvgIpc) is 2.99. The minimum atomic E-state index is -1.17. The molecule has 3 aromatic rings. The standard InChI is InChI=1S/C29H30FN5O6/c1-2-41-29(40)35-16-14-34(15-17-35)28(39)22(12-13-25(36)37)33-27(38)24-18-23(20-10-6-7-11-21(20)30)31-26(32-24)19-8-4-3-5-9-19/h3-11,18,22H,2,12-17H2,1H3,(H,33,38)(H,36,37)/t22-/m0/s1. The van der Waals surface area contributed by atoms with Crippen molar-refractivity contribution in [1.29, 1.82) is 0 Å². The number of benzene rings is 2. The molecule has 0 saturated carbocycles. The summed E-state index contributed by atoms with van der Waals surface area (Å²) in [7, 11) is 0. The Morgan fingerprint density at radius 3 is 2.29 bits per heavy atom. The lowest BCUT2D eigenvalue weighted by Crippen LogP contribution is -2.56. The highest BCUT2D eigenvalue weighted by molar-refractivity contribution is 5.97. The number of carboxylic acids is 1. The quantitative estimate of drug-likeness (QED) is 0.404. The molecule has 1 atom stereocenters. The third-order valence-corrected chi connectivity index (χ3v) is 6.51. The van der Waals surface area contributed by atoms with E-state index < -0.39 is 35.7 Å². The molecule has 1 aromatic heterocycles. The molecule has 3 amide bonds. The van der Waals surface area contributed by atoms with Crippen LogP contribution in [0.3, 0.4) is 0 Å². The molecule has 0 bridgehead atoms. The Bertz CT molecular complexity index is 1410. The highest BCUT2D eigenvalue weighted by Crippen LogP contribution is 2.25. The topological polar surface area (TPSA) is 142 Å². The zero-order valence-electron chi connectivity index (χ0n) is 22.5. The van der Waals surface area contributed by atoms with Gasteiger partial charge in [-0.15, -0.1) is 0 Å². The minimum absolute atomic E-state index is 0.114. The maximum Gasteiger partial charge on any atom is 0.409 e. The fourth-order valence-corrected chi connectivity index (χ4v) is 4.39. The van der Waals surface area contributed by atoms with E-state index in [9.17, 15) is 28.7 Å². The third kappa shape index (κ3) is 7.41. The highest BCUT2D eigenvalue weighted by Gasteiger charge is 2.31. The number of rotatable bonds is 9. The predicted octanol–water partition coefficient (Wildman–Crippen LogP) is 3.21. The second-order valence-electron chi connectivity index (χ2n) is 9.28. The van der Waals surface area contributed by atoms with Gasteiger partial charge in [0.05, 0.1) is 12.3 Å². The van der Waals surface area contributed by atoms with Crippen LogP contribution in [0.2, 0.25) is 0 Å². The summed E-state index contributed by atoms with van der Waals surface area (Å²) in [4.78, 5) is 62.0. The Labute approximate surface area is 236 Å². The summed E-state index contributed by atoms with van der Waals surface area (Å²) in [6.45, 7) is 2.80. The van der Waals surface area contributed by atoms with Gasteiger partial charge in [0.15, 0.2) is 5.82 Å². The SMILES string of the molecule is CCOC(=O)N1CCN(C(=O)[C@H](CCC(=O)O)NC(=O)c2cc(-c3ccccc3F)nc(-c3ccccc3)n2)CC1. The van der Waals surface area contributed by atoms with Crippen LogP contribution in [0.4, 0.5) is 9.18 Å². The van der Waals surface area contributed by atoms with Crippen LogP contribution in [-0.2, 0) is 14.3 Å². The first kappa shape index (κ1) is 29.1. The molecule has 1 aliphatic heterocycles. The molecule has 1 aliphatic rings. The first-order chi connectivity index (χ1) is 19.8. The van der Waals surface area contributed by atoms with Crippen molar-refractivity contribution >= 4 is 23.9 Å². The molecule has 1 fully saturated rings. The summed E-state index contributed by atoms with van der Waals surface area (Å²) in [5.41, 5.74) is 0.819. The number of carboxylic acid groups (broad SMARTS) is 1. The monoisotopic (exact) mass is 563 g/mol. The van der Waals surface area contributed by atoms with Crippen LogP contribution < -0.4 is 5.32 Å². The van der Waals surface area contributed by atoms with Gasteiger partial charge in [0.25, 0.3) is 5.91 Å². The number of hydrogen-bond donors (Lipinski definition) is 2. The first-order valence-corrected chi connectivity index (χ1v) is 13.2. The van der Waals surface area contributed by atoms with E-state index >= 15 is 0 Å². The van der Waals surface area contributed by atoms with Crippen LogP contribution in [0.5, 0.6) is 0 Å². The van der Waals surface area contributed by atoms with Gasteiger partial charge < -0.3 is 25.0 Å². The van der Waals surface area contributed by atoms with Crippen molar-refractivity contribution in [3.05, 3.63) is 72.2 Å². The zero-order valence-corrected chi connectivity index (χ0v) is 22.5. The van der Waals surface area contributed by atoms with E-state index in [0.717, 1.165) is 0 Å². The van der Waals surface area contributed by atoms with Gasteiger partial charge in [0.1, 0.15) is 17.6 Å². The van der Waals surface area contributed by atoms with Crippen LogP contribution in [0, 0.1) is 5.82 Å². The number of nitrogens with one attached hydrogen (secondary N) is 1. The molecule has 0 unspecified atom stereocenters. The Morgan fingerprint density at radius 1 is 0.976 bits per heavy atom. The lowest BCUT2D eigenvalue weighted by atomic mass is 10.1. The average molecular weight is 564 g/mol. The van der Waals surface area contributed by atoms with Crippen molar-refractivity contribution in [2.45, 2.75) is 25.8 Å². The largest absolute Gasteiger partial charge is 0.481 e. The van der Waals surface area contributed by atoms with Gasteiger partial charge in [0.2, 0.25) is 5.91 Å². The van der Waals surface area contributed by atoms with Crippen LogP contribution in [0.25, 0.3) is 22.6 Å². The molecule has 1 saturated heterocycles. The number of aromatic nitrogens is 2. The van der Waals surface area contributed by atoms with E-state index in [2.05, 4.69) is 15.3 Å². The van der Waals surface area contributed by atoms with Crippen LogP contribution >= 0.6 is 0 Å². The molecule has 4 rings (SSSR count). The Morgan fingerprint density at radius 2 is 1.63 bits per heavy atom. The van der Waals surface area contributed by atoms with Gasteiger partial charge in [-0.1, -0.05) is 42.5 Å². The Balaban J connectivity index is 1.59. The number of nitrogens with zero attached hydrogens (tertiary/aromatic N) is 4. The number of aliphatic carboxylic acids is 1. The number of halogens is 1. The summed E-state index contributed by atoms with van der Waals surface area (Å²) >= 11 is 0. The lowest BCUT2D eigenvalue weighted by molar-refractivity contribution is -0.138. The summed E-state index contributed by atoms with van der Waals surface area (Å²) in [6.07, 6.45) is -0.993. The van der Waals surface area contributed by atoms with E-state index in [4.69, 9.17) is 4.74 Å². The molecule has 2 N–H and O–H groups in total. The number of carbonyl (C=O) groups is 4. The van der Waals surface area contributed by atoms with Crippen molar-refractivity contribution < 1.29 is 33.4 Å². The van der Waals surface area contributed by atoms with Crippen LogP contribution in [-0.4, -0.2) is 87.6 Å². The number of amides is 3. The van der Waals surface area contributed by atoms with Gasteiger partial charge in [-0.05, 0) is 31.5 Å². The molecule has 41 heavy (non-hydrogen) atoms. The molecule has 12 heteroatoms. The Hall–Kier alpha value is -4.87. The van der Waals surface area contributed by atoms with Gasteiger partial charge in [-0.25, -0.2) is 19.2 Å². The second kappa shape index (κ2) is 13.5. The molecule has 0 radical (unpaired) electrons. The number of piperazine rings is 1. The van der Waals surface area contributed by atoms with E-state index in [1.807, 2.05) is 6.07 Å². The Kier molecular flexibility index (Phi) is 9.56. The van der Waals surface area contributed by atoms with Crippen molar-refractivity contribution in [1.82, 2.24) is 25.1 Å². The van der Waals surface area contributed by atoms with Crippen molar-refractivity contribution in [2.24, 2.45) is 0 Å². The molecule has 2 aromatic carbocycles. The predicted molar refractivity (Wildman–Crippen MR) is 146 cm³/mol. The van der Waals surface area contributed by atoms with Gasteiger partial charge >= 0.3 is 12.1 Å². The number of ether oxygens (including phenoxy) is 1. The van der Waals surface area contributed by atoms with Gasteiger partial charge in [-0.3, -0.25) is 14.4 Å². The summed E-state index contributed by atoms with van der Waals surface area (Å²) in [5.74, 6) is -2.70. The maximum atomic E-state index is 14.7. The minimum Gasteiger partial charge on any atom is -0.481 e. The van der Waals surface area contributed by atoms with Gasteiger partial charge in [0, 0.05) is 43.7 Å². The number of carbonyl (C=O) groups excluding carboxylic acids is 3. The molecular formula is C29H30FN5O6. The molecule has 11 nitrogen and oxygen atoms in total. The molecule has 0 spiro atoms. The van der Waals surface area contributed by atoms with Crippen LogP contribution in [0.1, 0.15) is 30.3 Å². The fourth-order valence-electron chi connectivity index (χ4n) is 4.39. The smallest absolute Gasteiger partial charge is 0.409 e. The van der Waals surface area contributed by atoms with E-state index in [1.165, 1.54) is 34.1 Å². The lowest BCUT2D eigenvalue weighted by Gasteiger charge is -2.35. The van der Waals surface area contributed by atoms with Crippen LogP contribution in [0.15, 0.2) is 60.7 Å². The zero-order chi connectivity index (χ0) is 29.4. The van der Waals surface area contributed by atoms with Crippen molar-refractivity contribution in [2.75, 3.05) is 32.8 Å². The van der Waals surface area contributed by atoms with Crippen molar-refractivity contribution in [3.63, 3.8) is 0 Å². The first-order valence-electron chi connectivity index (χ1n) is 13.2. The third-order valence-electron chi connectivity index (χ3n) is 6.51. The molecule has 2 heterocycles. The normalized spacial score (nSPS) is 13.8. The molecule has 214 valence electrons. The van der Waals surface area contributed by atoms with E-state index in [1.54, 1.807) is 37.3 Å². The van der Waals surface area contributed by atoms with Crippen molar-refractivity contribution in [3.8, 4) is 22.6 Å². The molecular weight excluding hydrogens is 533 g/mol. The highest BCUT2D eigenvalue weighted by atomic mass is 19.1. The summed E-state index contributed by atoms with van der Waals surface area (Å²) in [6, 6.07) is 15.0. The van der Waals surface area contributed by atoms with E-state index in [0.29, 0.717) is 5.56 Å². The van der Waals surface area contributed by atoms with Gasteiger partial charge in [-0.2, -0.15) is 0 Å². The fraction of sp³-hybridized carbons (Fsp3) is 0.310. The second-order valence-corrected chi connectivity index (χ2v) is 9.28. The number of hydrogen-bond acceptors (Lipinski definition) is 7.